The molecule has 0 saturated carbocycles. The first-order valence-electron chi connectivity index (χ1n) is 5.90. The fraction of sp³-hybridized carbons (Fsp3) is 0.333. The lowest BCUT2D eigenvalue weighted by atomic mass is 10.3. The summed E-state index contributed by atoms with van der Waals surface area (Å²) in [6.07, 6.45) is 1.19. The zero-order valence-corrected chi connectivity index (χ0v) is 12.8. The first-order valence-corrected chi connectivity index (χ1v) is 7.47. The maximum absolute atomic E-state index is 11.6. The Labute approximate surface area is 128 Å². The van der Waals surface area contributed by atoms with Crippen LogP contribution in [0, 0.1) is 0 Å². The Hall–Kier alpha value is -1.24. The predicted molar refractivity (Wildman–Crippen MR) is 79.3 cm³/mol. The lowest BCUT2D eigenvalue weighted by molar-refractivity contribution is 0.200. The molecule has 1 amide bonds. The second-order valence-corrected chi connectivity index (χ2v) is 5.68. The average Bonchev–Trinajstić information content (AvgIpc) is 2.79. The average molecular weight is 336 g/mol. The van der Waals surface area contributed by atoms with Crippen molar-refractivity contribution in [2.24, 2.45) is 0 Å². The molecule has 0 fully saturated rings. The van der Waals surface area contributed by atoms with Gasteiger partial charge in [-0.15, -0.1) is 0 Å². The van der Waals surface area contributed by atoms with Crippen LogP contribution in [0.25, 0.3) is 10.3 Å². The van der Waals surface area contributed by atoms with Crippen LogP contribution >= 0.6 is 34.5 Å². The number of carbonyl (C=O) groups excluding carboxylic acids is 1. The molecular formula is C12H11Cl2NO4S. The largest absolute Gasteiger partial charge is 0.412 e. The minimum Gasteiger partial charge on any atom is -0.412 e. The van der Waals surface area contributed by atoms with Crippen molar-refractivity contribution in [1.29, 1.82) is 0 Å². The number of nitrogens with one attached hydrogen (secondary N) is 1. The summed E-state index contributed by atoms with van der Waals surface area (Å²) in [5.41, 5.74) is 0.199. The Balaban J connectivity index is 2.24. The van der Waals surface area contributed by atoms with Crippen molar-refractivity contribution in [2.45, 2.75) is 19.8 Å². The highest BCUT2D eigenvalue weighted by atomic mass is 35.5. The summed E-state index contributed by atoms with van der Waals surface area (Å²) >= 11 is 12.8. The molecule has 0 aliphatic carbocycles. The van der Waals surface area contributed by atoms with Gasteiger partial charge in [0.25, 0.3) is 0 Å². The molecule has 5 nitrogen and oxygen atoms in total. The van der Waals surface area contributed by atoms with E-state index in [1.54, 1.807) is 0 Å². The minimum absolute atomic E-state index is 0.0928. The topological polar surface area (TPSA) is 68.5 Å². The molecule has 2 rings (SSSR count). The second-order valence-electron chi connectivity index (χ2n) is 3.95. The van der Waals surface area contributed by atoms with Crippen LogP contribution in [0.1, 0.15) is 19.8 Å². The minimum atomic E-state index is -0.619. The molecule has 0 bridgehead atoms. The fourth-order valence-corrected chi connectivity index (χ4v) is 2.82. The number of benzene rings is 1. The highest BCUT2D eigenvalue weighted by Crippen LogP contribution is 2.39. The molecule has 1 aromatic heterocycles. The van der Waals surface area contributed by atoms with Crippen LogP contribution in [0.3, 0.4) is 0 Å². The van der Waals surface area contributed by atoms with E-state index in [1.807, 2.05) is 6.92 Å². The van der Waals surface area contributed by atoms with Gasteiger partial charge in [0.05, 0.1) is 5.02 Å². The van der Waals surface area contributed by atoms with Crippen molar-refractivity contribution in [2.75, 3.05) is 6.54 Å². The summed E-state index contributed by atoms with van der Waals surface area (Å²) in [7, 11) is 0. The van der Waals surface area contributed by atoms with E-state index < -0.39 is 11.0 Å². The highest BCUT2D eigenvalue weighted by Gasteiger charge is 2.18. The quantitative estimate of drug-likeness (QED) is 0.855. The molecule has 0 aliphatic rings. The van der Waals surface area contributed by atoms with Crippen molar-refractivity contribution < 1.29 is 13.9 Å². The van der Waals surface area contributed by atoms with Crippen molar-refractivity contribution in [1.82, 2.24) is 5.32 Å². The standard InChI is InChI=1S/C12H11Cl2NO4S/c1-2-3-4-15-11(16)18-7-5-6(13)9-10(8(7)14)20-12(17)19-9/h5H,2-4H2,1H3,(H,15,16). The smallest absolute Gasteiger partial charge is 0.412 e. The van der Waals surface area contributed by atoms with Gasteiger partial charge < -0.3 is 14.5 Å². The third-order valence-electron chi connectivity index (χ3n) is 2.47. The lowest BCUT2D eigenvalue weighted by Crippen LogP contribution is -2.27. The molecule has 0 spiro atoms. The van der Waals surface area contributed by atoms with Gasteiger partial charge in [-0.1, -0.05) is 36.5 Å². The Kier molecular flexibility index (Phi) is 4.91. The van der Waals surface area contributed by atoms with Gasteiger partial charge in [0.1, 0.15) is 9.72 Å². The molecule has 0 saturated heterocycles. The Bertz CT molecular complexity index is 695. The monoisotopic (exact) mass is 335 g/mol. The van der Waals surface area contributed by atoms with Crippen LogP contribution in [0.5, 0.6) is 5.75 Å². The van der Waals surface area contributed by atoms with E-state index in [1.165, 1.54) is 6.07 Å². The van der Waals surface area contributed by atoms with Crippen LogP contribution in [0.4, 0.5) is 4.79 Å². The molecule has 0 aliphatic heterocycles. The summed E-state index contributed by atoms with van der Waals surface area (Å²) in [6.45, 7) is 2.53. The van der Waals surface area contributed by atoms with Gasteiger partial charge in [0, 0.05) is 12.6 Å². The van der Waals surface area contributed by atoms with Gasteiger partial charge >= 0.3 is 11.0 Å². The number of hydrogen-bond acceptors (Lipinski definition) is 5. The van der Waals surface area contributed by atoms with E-state index in [0.717, 1.165) is 24.2 Å². The van der Waals surface area contributed by atoms with E-state index in [4.69, 9.17) is 32.4 Å². The van der Waals surface area contributed by atoms with Crippen molar-refractivity contribution >= 4 is 50.9 Å². The lowest BCUT2D eigenvalue weighted by Gasteiger charge is -2.08. The first-order chi connectivity index (χ1) is 9.52. The number of amides is 1. The number of ether oxygens (including phenoxy) is 1. The van der Waals surface area contributed by atoms with Gasteiger partial charge in [0.2, 0.25) is 0 Å². The van der Waals surface area contributed by atoms with E-state index in [-0.39, 0.29) is 21.4 Å². The van der Waals surface area contributed by atoms with E-state index in [0.29, 0.717) is 11.2 Å². The van der Waals surface area contributed by atoms with Crippen molar-refractivity contribution in [3.63, 3.8) is 0 Å². The number of rotatable bonds is 4. The molecule has 0 unspecified atom stereocenters. The van der Waals surface area contributed by atoms with Crippen LogP contribution in [-0.4, -0.2) is 12.6 Å². The van der Waals surface area contributed by atoms with Gasteiger partial charge in [-0.05, 0) is 17.8 Å². The fourth-order valence-electron chi connectivity index (χ4n) is 1.52. The maximum Gasteiger partial charge on any atom is 0.412 e. The van der Waals surface area contributed by atoms with E-state index in [9.17, 15) is 9.59 Å². The van der Waals surface area contributed by atoms with Gasteiger partial charge in [-0.25, -0.2) is 9.59 Å². The van der Waals surface area contributed by atoms with Crippen LogP contribution in [0.15, 0.2) is 15.3 Å². The van der Waals surface area contributed by atoms with E-state index in [2.05, 4.69) is 5.32 Å². The maximum atomic E-state index is 11.6. The summed E-state index contributed by atoms with van der Waals surface area (Å²) in [5, 5.41) is 2.88. The molecule has 108 valence electrons. The number of hydrogen-bond donors (Lipinski definition) is 1. The predicted octanol–water partition coefficient (Wildman–Crippen LogP) is 4.05. The molecule has 0 atom stereocenters. The summed E-state index contributed by atoms with van der Waals surface area (Å²) < 4.78 is 10.4. The van der Waals surface area contributed by atoms with E-state index >= 15 is 0 Å². The van der Waals surface area contributed by atoms with Crippen LogP contribution in [0.2, 0.25) is 10.0 Å². The van der Waals surface area contributed by atoms with Gasteiger partial charge in [-0.3, -0.25) is 0 Å². The third-order valence-corrected chi connectivity index (χ3v) is 4.08. The zero-order valence-electron chi connectivity index (χ0n) is 10.5. The number of carbonyl (C=O) groups is 1. The SMILES string of the molecule is CCCCNC(=O)Oc1cc(Cl)c2oc(=O)sc2c1Cl. The number of unbranched alkanes of at least 4 members (excludes halogenated alkanes) is 1. The Morgan fingerprint density at radius 3 is 2.95 bits per heavy atom. The Morgan fingerprint density at radius 1 is 1.50 bits per heavy atom. The molecule has 1 N–H and O–H groups in total. The second kappa shape index (κ2) is 6.47. The normalized spacial score (nSPS) is 10.8. The molecule has 1 heterocycles. The molecule has 8 heteroatoms. The molecule has 1 aromatic carbocycles. The highest BCUT2D eigenvalue weighted by molar-refractivity contribution is 7.17. The summed E-state index contributed by atoms with van der Waals surface area (Å²) in [6, 6.07) is 1.35. The molecular weight excluding hydrogens is 325 g/mol. The van der Waals surface area contributed by atoms with Gasteiger partial charge in [0.15, 0.2) is 11.3 Å². The number of fused-ring (bicyclic) bond motifs is 1. The summed E-state index contributed by atoms with van der Waals surface area (Å²) in [4.78, 5) is 22.3. The van der Waals surface area contributed by atoms with Crippen LogP contribution in [-0.2, 0) is 0 Å². The first kappa shape index (κ1) is 15.2. The van der Waals surface area contributed by atoms with Crippen molar-refractivity contribution in [3.8, 4) is 5.75 Å². The summed E-state index contributed by atoms with van der Waals surface area (Å²) in [5.74, 6) is 0.0928. The van der Waals surface area contributed by atoms with Crippen molar-refractivity contribution in [3.05, 3.63) is 25.8 Å². The molecule has 0 radical (unpaired) electrons. The Morgan fingerprint density at radius 2 is 2.25 bits per heavy atom. The molecule has 2 aromatic rings. The van der Waals surface area contributed by atoms with Crippen LogP contribution < -0.4 is 15.0 Å². The molecule has 20 heavy (non-hydrogen) atoms. The van der Waals surface area contributed by atoms with Gasteiger partial charge in [-0.2, -0.15) is 0 Å². The third kappa shape index (κ3) is 3.26. The zero-order chi connectivity index (χ0) is 14.7. The number of halogens is 2.